The van der Waals surface area contributed by atoms with E-state index in [9.17, 15) is 5.11 Å². The highest BCUT2D eigenvalue weighted by Gasteiger charge is 2.30. The smallest absolute Gasteiger partial charge is 0.168 e. The van der Waals surface area contributed by atoms with Crippen LogP contribution < -0.4 is 4.74 Å². The third-order valence-corrected chi connectivity index (χ3v) is 5.38. The van der Waals surface area contributed by atoms with Gasteiger partial charge in [0.2, 0.25) is 0 Å². The van der Waals surface area contributed by atoms with Crippen LogP contribution in [0.5, 0.6) is 11.5 Å². The van der Waals surface area contributed by atoms with Gasteiger partial charge in [0, 0.05) is 25.3 Å². The molecule has 2 N–H and O–H groups in total. The molecule has 5 rings (SSSR count). The van der Waals surface area contributed by atoms with E-state index in [0.717, 1.165) is 48.6 Å². The molecule has 7 nitrogen and oxygen atoms in total. The number of pyridine rings is 1. The van der Waals surface area contributed by atoms with Crippen LogP contribution in [0.2, 0.25) is 0 Å². The molecule has 0 spiro atoms. The Labute approximate surface area is 169 Å². The first kappa shape index (κ1) is 18.2. The Hall–Kier alpha value is -2.82. The van der Waals surface area contributed by atoms with Crippen LogP contribution in [0.15, 0.2) is 24.5 Å². The molecule has 0 radical (unpaired) electrons. The van der Waals surface area contributed by atoms with Gasteiger partial charge in [-0.3, -0.25) is 4.68 Å². The monoisotopic (exact) mass is 392 g/mol. The summed E-state index contributed by atoms with van der Waals surface area (Å²) in [5.41, 5.74) is 2.43. The van der Waals surface area contributed by atoms with Crippen LogP contribution in [0, 0.1) is 11.8 Å². The predicted molar refractivity (Wildman–Crippen MR) is 108 cm³/mol. The SMILES string of the molecule is CC(O)C#Cc1cc2c(Oc3cn(C4CC4)nc3C3CCOCC3)ccnc2[nH]1. The number of aromatic nitrogens is 4. The molecular formula is C22H24N4O3. The zero-order chi connectivity index (χ0) is 19.8. The quantitative estimate of drug-likeness (QED) is 0.664. The minimum atomic E-state index is -0.680. The summed E-state index contributed by atoms with van der Waals surface area (Å²) < 4.78 is 14.0. The lowest BCUT2D eigenvalue weighted by Crippen LogP contribution is -2.15. The Balaban J connectivity index is 1.49. The molecule has 2 aliphatic rings. The highest BCUT2D eigenvalue weighted by Crippen LogP contribution is 2.41. The van der Waals surface area contributed by atoms with Gasteiger partial charge in [0.25, 0.3) is 0 Å². The van der Waals surface area contributed by atoms with Gasteiger partial charge in [0.1, 0.15) is 23.2 Å². The van der Waals surface area contributed by atoms with Crippen LogP contribution in [-0.4, -0.2) is 44.2 Å². The van der Waals surface area contributed by atoms with E-state index in [1.54, 1.807) is 13.1 Å². The van der Waals surface area contributed by atoms with E-state index in [1.807, 2.05) is 18.3 Å². The van der Waals surface area contributed by atoms with Gasteiger partial charge >= 0.3 is 0 Å². The zero-order valence-electron chi connectivity index (χ0n) is 16.4. The van der Waals surface area contributed by atoms with Crippen molar-refractivity contribution in [3.63, 3.8) is 0 Å². The fraction of sp³-hybridized carbons (Fsp3) is 0.455. The van der Waals surface area contributed by atoms with Crippen molar-refractivity contribution >= 4 is 11.0 Å². The molecule has 29 heavy (non-hydrogen) atoms. The van der Waals surface area contributed by atoms with Gasteiger partial charge in [0.05, 0.1) is 23.3 Å². The molecule has 1 aliphatic carbocycles. The van der Waals surface area contributed by atoms with E-state index < -0.39 is 6.10 Å². The molecule has 4 heterocycles. The summed E-state index contributed by atoms with van der Waals surface area (Å²) in [5.74, 6) is 7.57. The van der Waals surface area contributed by atoms with Gasteiger partial charge in [-0.25, -0.2) is 4.98 Å². The van der Waals surface area contributed by atoms with Crippen LogP contribution in [-0.2, 0) is 4.74 Å². The second-order valence-electron chi connectivity index (χ2n) is 7.78. The van der Waals surface area contributed by atoms with Crippen LogP contribution in [0.25, 0.3) is 11.0 Å². The van der Waals surface area contributed by atoms with Crippen molar-refractivity contribution in [1.29, 1.82) is 0 Å². The molecular weight excluding hydrogens is 368 g/mol. The topological polar surface area (TPSA) is 85.2 Å². The molecule has 0 bridgehead atoms. The van der Waals surface area contributed by atoms with Crippen molar-refractivity contribution in [3.05, 3.63) is 35.9 Å². The third-order valence-electron chi connectivity index (χ3n) is 5.38. The maximum absolute atomic E-state index is 9.40. The molecule has 1 saturated carbocycles. The van der Waals surface area contributed by atoms with Crippen LogP contribution in [0.4, 0.5) is 0 Å². The van der Waals surface area contributed by atoms with Crippen LogP contribution in [0.1, 0.15) is 56.0 Å². The van der Waals surface area contributed by atoms with Gasteiger partial charge in [-0.15, -0.1) is 0 Å². The molecule has 3 aromatic heterocycles. The van der Waals surface area contributed by atoms with E-state index in [2.05, 4.69) is 26.5 Å². The number of nitrogens with zero attached hydrogens (tertiary/aromatic N) is 3. The summed E-state index contributed by atoms with van der Waals surface area (Å²) in [5, 5.41) is 15.1. The standard InChI is InChI=1S/C22H24N4O3/c1-14(27)2-3-16-12-18-19(6-9-23-22(18)24-16)29-20-13-26(17-4-5-17)25-21(20)15-7-10-28-11-8-15/h6,9,12-15,17,27H,4-5,7-8,10-11H2,1H3,(H,23,24). The lowest BCUT2D eigenvalue weighted by Gasteiger charge is -2.21. The Kier molecular flexibility index (Phi) is 4.74. The van der Waals surface area contributed by atoms with Gasteiger partial charge < -0.3 is 19.6 Å². The fourth-order valence-corrected chi connectivity index (χ4v) is 3.71. The van der Waals surface area contributed by atoms with Crippen molar-refractivity contribution in [3.8, 4) is 23.3 Å². The lowest BCUT2D eigenvalue weighted by atomic mass is 9.96. The van der Waals surface area contributed by atoms with Crippen molar-refractivity contribution in [2.75, 3.05) is 13.2 Å². The van der Waals surface area contributed by atoms with Crippen molar-refractivity contribution < 1.29 is 14.6 Å². The normalized spacial score (nSPS) is 18.4. The van der Waals surface area contributed by atoms with Crippen LogP contribution in [0.3, 0.4) is 0 Å². The molecule has 3 aromatic rings. The maximum Gasteiger partial charge on any atom is 0.168 e. The Bertz CT molecular complexity index is 1080. The average molecular weight is 392 g/mol. The average Bonchev–Trinajstić information content (AvgIpc) is 3.35. The minimum absolute atomic E-state index is 0.356. The first-order valence-corrected chi connectivity index (χ1v) is 10.2. The van der Waals surface area contributed by atoms with Gasteiger partial charge in [-0.05, 0) is 50.7 Å². The summed E-state index contributed by atoms with van der Waals surface area (Å²) in [4.78, 5) is 7.56. The molecule has 1 aliphatic heterocycles. The van der Waals surface area contributed by atoms with Gasteiger partial charge in [-0.1, -0.05) is 5.92 Å². The molecule has 150 valence electrons. The Morgan fingerprint density at radius 2 is 2.10 bits per heavy atom. The number of nitrogens with one attached hydrogen (secondary N) is 1. The minimum Gasteiger partial charge on any atom is -0.453 e. The summed E-state index contributed by atoms with van der Waals surface area (Å²) in [6.07, 6.45) is 7.36. The number of fused-ring (bicyclic) bond motifs is 1. The number of aliphatic hydroxyl groups is 1. The van der Waals surface area contributed by atoms with Crippen molar-refractivity contribution in [1.82, 2.24) is 19.7 Å². The highest BCUT2D eigenvalue weighted by molar-refractivity contribution is 5.84. The third kappa shape index (κ3) is 3.86. The first-order chi connectivity index (χ1) is 14.2. The molecule has 7 heteroatoms. The van der Waals surface area contributed by atoms with E-state index in [4.69, 9.17) is 14.6 Å². The highest BCUT2D eigenvalue weighted by atomic mass is 16.5. The maximum atomic E-state index is 9.40. The summed E-state index contributed by atoms with van der Waals surface area (Å²) in [6, 6.07) is 4.27. The summed E-state index contributed by atoms with van der Waals surface area (Å²) in [6.45, 7) is 3.17. The number of H-pyrrole nitrogens is 1. The Morgan fingerprint density at radius 1 is 1.28 bits per heavy atom. The number of rotatable bonds is 4. The fourth-order valence-electron chi connectivity index (χ4n) is 3.71. The van der Waals surface area contributed by atoms with E-state index in [0.29, 0.717) is 23.3 Å². The second-order valence-corrected chi connectivity index (χ2v) is 7.78. The zero-order valence-corrected chi connectivity index (χ0v) is 16.4. The van der Waals surface area contributed by atoms with E-state index in [-0.39, 0.29) is 0 Å². The largest absolute Gasteiger partial charge is 0.453 e. The molecule has 1 atom stereocenters. The van der Waals surface area contributed by atoms with Crippen molar-refractivity contribution in [2.45, 2.75) is 50.7 Å². The van der Waals surface area contributed by atoms with E-state index >= 15 is 0 Å². The molecule has 0 amide bonds. The molecule has 2 fully saturated rings. The molecule has 1 saturated heterocycles. The van der Waals surface area contributed by atoms with Gasteiger partial charge in [0.15, 0.2) is 5.75 Å². The van der Waals surface area contributed by atoms with Gasteiger partial charge in [-0.2, -0.15) is 5.10 Å². The van der Waals surface area contributed by atoms with Crippen molar-refractivity contribution in [2.24, 2.45) is 0 Å². The second kappa shape index (κ2) is 7.54. The Morgan fingerprint density at radius 3 is 2.86 bits per heavy atom. The number of hydrogen-bond donors (Lipinski definition) is 2. The predicted octanol–water partition coefficient (Wildman–Crippen LogP) is 3.51. The summed E-state index contributed by atoms with van der Waals surface area (Å²) >= 11 is 0. The summed E-state index contributed by atoms with van der Waals surface area (Å²) in [7, 11) is 0. The van der Waals surface area contributed by atoms with E-state index in [1.165, 1.54) is 12.8 Å². The van der Waals surface area contributed by atoms with Crippen LogP contribution >= 0.6 is 0 Å². The number of hydrogen-bond acceptors (Lipinski definition) is 5. The number of aliphatic hydroxyl groups excluding tert-OH is 1. The number of aromatic amines is 1. The lowest BCUT2D eigenvalue weighted by molar-refractivity contribution is 0.0839. The molecule has 0 aromatic carbocycles. The molecule has 1 unspecified atom stereocenters. The number of ether oxygens (including phenoxy) is 2. The first-order valence-electron chi connectivity index (χ1n) is 10.2.